The molecule has 1 aromatic rings. The minimum Gasteiger partial charge on any atom is -0.481 e. The van der Waals surface area contributed by atoms with Crippen molar-refractivity contribution in [3.05, 3.63) is 23.1 Å². The first-order valence-electron chi connectivity index (χ1n) is 3.69. The molecule has 0 fully saturated rings. The molecular formula is C8H5ClF3NO2. The number of pyridine rings is 1. The van der Waals surface area contributed by atoms with Crippen molar-refractivity contribution in [3.8, 4) is 5.88 Å². The SMILES string of the molecule is COc1nc(C(=O)Cl)c(F)cc1C(F)F. The van der Waals surface area contributed by atoms with E-state index in [1.807, 2.05) is 0 Å². The highest BCUT2D eigenvalue weighted by Crippen LogP contribution is 2.29. The molecule has 0 bridgehead atoms. The molecule has 0 saturated heterocycles. The highest BCUT2D eigenvalue weighted by Gasteiger charge is 2.21. The van der Waals surface area contributed by atoms with Gasteiger partial charge in [-0.15, -0.1) is 0 Å². The summed E-state index contributed by atoms with van der Waals surface area (Å²) in [5.41, 5.74) is -1.46. The van der Waals surface area contributed by atoms with E-state index in [0.29, 0.717) is 6.07 Å². The van der Waals surface area contributed by atoms with Gasteiger partial charge in [-0.2, -0.15) is 0 Å². The Kier molecular flexibility index (Phi) is 3.52. The standard InChI is InChI=1S/C8H5ClF3NO2/c1-15-8-3(7(11)12)2-4(10)5(13-8)6(9)14/h2,7H,1H3. The molecule has 0 unspecified atom stereocenters. The molecule has 82 valence electrons. The van der Waals surface area contributed by atoms with Crippen molar-refractivity contribution in [2.45, 2.75) is 6.43 Å². The van der Waals surface area contributed by atoms with Crippen molar-refractivity contribution >= 4 is 16.8 Å². The molecule has 0 saturated carbocycles. The van der Waals surface area contributed by atoms with Crippen LogP contribution in [0.3, 0.4) is 0 Å². The lowest BCUT2D eigenvalue weighted by Gasteiger charge is -2.07. The summed E-state index contributed by atoms with van der Waals surface area (Å²) in [6, 6.07) is 0.478. The molecule has 0 aliphatic rings. The third-order valence-electron chi connectivity index (χ3n) is 1.58. The lowest BCUT2D eigenvalue weighted by molar-refractivity contribution is 0.107. The molecule has 0 N–H and O–H groups in total. The average molecular weight is 240 g/mol. The Balaban J connectivity index is 3.35. The lowest BCUT2D eigenvalue weighted by atomic mass is 10.2. The number of nitrogens with zero attached hydrogens (tertiary/aromatic N) is 1. The predicted octanol–water partition coefficient (Wildman–Crippen LogP) is 2.55. The number of hydrogen-bond acceptors (Lipinski definition) is 3. The quantitative estimate of drug-likeness (QED) is 0.761. The molecule has 0 aliphatic carbocycles. The van der Waals surface area contributed by atoms with Crippen molar-refractivity contribution in [2.24, 2.45) is 0 Å². The van der Waals surface area contributed by atoms with Crippen molar-refractivity contribution < 1.29 is 22.7 Å². The van der Waals surface area contributed by atoms with Gasteiger partial charge in [0.1, 0.15) is 0 Å². The number of methoxy groups -OCH3 is 1. The lowest BCUT2D eigenvalue weighted by Crippen LogP contribution is -2.05. The van der Waals surface area contributed by atoms with Gasteiger partial charge in [0.2, 0.25) is 5.88 Å². The molecule has 1 aromatic heterocycles. The zero-order valence-corrected chi connectivity index (χ0v) is 8.19. The van der Waals surface area contributed by atoms with Crippen LogP contribution in [-0.2, 0) is 0 Å². The van der Waals surface area contributed by atoms with Gasteiger partial charge in [0.15, 0.2) is 11.5 Å². The van der Waals surface area contributed by atoms with E-state index in [4.69, 9.17) is 11.6 Å². The van der Waals surface area contributed by atoms with Crippen LogP contribution >= 0.6 is 11.6 Å². The van der Waals surface area contributed by atoms with Crippen LogP contribution in [0.2, 0.25) is 0 Å². The number of ether oxygens (including phenoxy) is 1. The first-order chi connectivity index (χ1) is 6.97. The van der Waals surface area contributed by atoms with E-state index in [1.54, 1.807) is 0 Å². The Morgan fingerprint density at radius 1 is 1.60 bits per heavy atom. The number of aromatic nitrogens is 1. The van der Waals surface area contributed by atoms with Gasteiger partial charge < -0.3 is 4.74 Å². The van der Waals surface area contributed by atoms with Crippen LogP contribution in [0.25, 0.3) is 0 Å². The molecule has 0 spiro atoms. The molecule has 1 rings (SSSR count). The summed E-state index contributed by atoms with van der Waals surface area (Å²) in [5.74, 6) is -1.72. The smallest absolute Gasteiger partial charge is 0.274 e. The fourth-order valence-corrected chi connectivity index (χ4v) is 1.08. The topological polar surface area (TPSA) is 39.2 Å². The van der Waals surface area contributed by atoms with Gasteiger partial charge in [-0.25, -0.2) is 18.2 Å². The highest BCUT2D eigenvalue weighted by molar-refractivity contribution is 6.67. The second-order valence-corrected chi connectivity index (χ2v) is 2.83. The number of alkyl halides is 2. The van der Waals surface area contributed by atoms with Crippen LogP contribution in [0.15, 0.2) is 6.07 Å². The number of hydrogen-bond donors (Lipinski definition) is 0. The first-order valence-corrected chi connectivity index (χ1v) is 4.07. The summed E-state index contributed by atoms with van der Waals surface area (Å²) in [4.78, 5) is 13.9. The molecule has 0 amide bonds. The Bertz CT molecular complexity index is 398. The Morgan fingerprint density at radius 2 is 2.20 bits per heavy atom. The van der Waals surface area contributed by atoms with Gasteiger partial charge in [-0.1, -0.05) is 0 Å². The largest absolute Gasteiger partial charge is 0.481 e. The van der Waals surface area contributed by atoms with Gasteiger partial charge >= 0.3 is 0 Å². The third kappa shape index (κ3) is 2.38. The van der Waals surface area contributed by atoms with E-state index in [-0.39, 0.29) is 0 Å². The van der Waals surface area contributed by atoms with Crippen molar-refractivity contribution in [3.63, 3.8) is 0 Å². The summed E-state index contributed by atoms with van der Waals surface area (Å²) in [5, 5.41) is -1.17. The molecule has 1 heterocycles. The molecule has 0 aromatic carbocycles. The minimum absolute atomic E-state index is 0.478. The molecule has 0 aliphatic heterocycles. The van der Waals surface area contributed by atoms with Gasteiger partial charge in [0, 0.05) is 0 Å². The Hall–Kier alpha value is -1.30. The van der Waals surface area contributed by atoms with Gasteiger partial charge in [-0.05, 0) is 17.7 Å². The third-order valence-corrected chi connectivity index (χ3v) is 1.76. The second-order valence-electron chi connectivity index (χ2n) is 2.49. The van der Waals surface area contributed by atoms with Gasteiger partial charge in [0.25, 0.3) is 11.7 Å². The van der Waals surface area contributed by atoms with Crippen molar-refractivity contribution in [2.75, 3.05) is 7.11 Å². The zero-order chi connectivity index (χ0) is 11.6. The minimum atomic E-state index is -2.94. The Labute approximate surface area is 87.8 Å². The van der Waals surface area contributed by atoms with E-state index >= 15 is 0 Å². The monoisotopic (exact) mass is 239 g/mol. The van der Waals surface area contributed by atoms with E-state index in [9.17, 15) is 18.0 Å². The number of halogens is 4. The fourth-order valence-electron chi connectivity index (χ4n) is 0.944. The summed E-state index contributed by atoms with van der Waals surface area (Å²) in [6.07, 6.45) is -2.94. The fraction of sp³-hybridized carbons (Fsp3) is 0.250. The molecule has 15 heavy (non-hydrogen) atoms. The van der Waals surface area contributed by atoms with Crippen molar-refractivity contribution in [1.29, 1.82) is 0 Å². The summed E-state index contributed by atoms with van der Waals surface area (Å²) < 4.78 is 42.2. The van der Waals surface area contributed by atoms with Crippen LogP contribution in [-0.4, -0.2) is 17.3 Å². The highest BCUT2D eigenvalue weighted by atomic mass is 35.5. The summed E-state index contributed by atoms with van der Waals surface area (Å²) in [6.45, 7) is 0. The molecule has 0 atom stereocenters. The van der Waals surface area contributed by atoms with Crippen LogP contribution in [0, 0.1) is 5.82 Å². The Morgan fingerprint density at radius 3 is 2.60 bits per heavy atom. The maximum absolute atomic E-state index is 13.0. The molecule has 3 nitrogen and oxygen atoms in total. The first kappa shape index (κ1) is 11.8. The number of carbonyl (C=O) groups is 1. The van der Waals surface area contributed by atoms with E-state index in [0.717, 1.165) is 7.11 Å². The van der Waals surface area contributed by atoms with Gasteiger partial charge in [-0.3, -0.25) is 4.79 Å². The van der Waals surface area contributed by atoms with Gasteiger partial charge in [0.05, 0.1) is 12.7 Å². The summed E-state index contributed by atoms with van der Waals surface area (Å²) >= 11 is 4.98. The molecular weight excluding hydrogens is 235 g/mol. The van der Waals surface area contributed by atoms with Crippen LogP contribution in [0.5, 0.6) is 5.88 Å². The summed E-state index contributed by atoms with van der Waals surface area (Å²) in [7, 11) is 1.08. The molecule has 7 heteroatoms. The van der Waals surface area contributed by atoms with Crippen LogP contribution in [0.4, 0.5) is 13.2 Å². The van der Waals surface area contributed by atoms with Crippen molar-refractivity contribution in [1.82, 2.24) is 4.98 Å². The van der Waals surface area contributed by atoms with E-state index < -0.39 is 34.6 Å². The van der Waals surface area contributed by atoms with E-state index in [1.165, 1.54) is 0 Å². The number of rotatable bonds is 3. The maximum Gasteiger partial charge on any atom is 0.274 e. The average Bonchev–Trinajstić information content (AvgIpc) is 2.16. The van der Waals surface area contributed by atoms with Crippen LogP contribution in [0.1, 0.15) is 22.5 Å². The normalized spacial score (nSPS) is 10.5. The maximum atomic E-state index is 13.0. The number of carbonyl (C=O) groups excluding carboxylic acids is 1. The van der Waals surface area contributed by atoms with E-state index in [2.05, 4.69) is 9.72 Å². The predicted molar refractivity (Wildman–Crippen MR) is 45.9 cm³/mol. The second kappa shape index (κ2) is 4.48. The molecule has 0 radical (unpaired) electrons. The van der Waals surface area contributed by atoms with Crippen LogP contribution < -0.4 is 4.74 Å². The zero-order valence-electron chi connectivity index (χ0n) is 7.43.